The van der Waals surface area contributed by atoms with Gasteiger partial charge in [-0.25, -0.2) is 18.9 Å². The second-order valence-corrected chi connectivity index (χ2v) is 7.60. The predicted molar refractivity (Wildman–Crippen MR) is 110 cm³/mol. The van der Waals surface area contributed by atoms with Gasteiger partial charge in [-0.15, -0.1) is 5.10 Å². The maximum atomic E-state index is 12.8. The van der Waals surface area contributed by atoms with Crippen LogP contribution in [0.2, 0.25) is 0 Å². The van der Waals surface area contributed by atoms with E-state index in [4.69, 9.17) is 5.26 Å². The lowest BCUT2D eigenvalue weighted by molar-refractivity contribution is -0.141. The van der Waals surface area contributed by atoms with Crippen molar-refractivity contribution in [2.24, 2.45) is 0 Å². The molecule has 6 nitrogen and oxygen atoms in total. The van der Waals surface area contributed by atoms with Gasteiger partial charge in [-0.05, 0) is 58.2 Å². The Morgan fingerprint density at radius 2 is 1.84 bits per heavy atom. The molecule has 156 valence electrons. The van der Waals surface area contributed by atoms with Gasteiger partial charge in [-0.2, -0.15) is 18.4 Å². The van der Waals surface area contributed by atoms with Gasteiger partial charge in [0.2, 0.25) is 0 Å². The third-order valence-electron chi connectivity index (χ3n) is 4.82. The smallest absolute Gasteiger partial charge is 0.249 e. The molecule has 31 heavy (non-hydrogen) atoms. The van der Waals surface area contributed by atoms with Crippen molar-refractivity contribution in [3.8, 4) is 17.2 Å². The molecule has 3 heterocycles. The van der Waals surface area contributed by atoms with E-state index in [9.17, 15) is 18.0 Å². The van der Waals surface area contributed by atoms with Crippen LogP contribution in [-0.2, 0) is 12.7 Å². The van der Waals surface area contributed by atoms with Crippen LogP contribution < -0.4 is 5.69 Å². The Morgan fingerprint density at radius 1 is 1.13 bits per heavy atom. The fraction of sp³-hybridized carbons (Fsp3) is 0.143. The summed E-state index contributed by atoms with van der Waals surface area (Å²) in [6, 6.07) is 13.0. The highest BCUT2D eigenvalue weighted by Gasteiger charge is 2.32. The highest BCUT2D eigenvalue weighted by molar-refractivity contribution is 9.10. The number of nitriles is 1. The summed E-state index contributed by atoms with van der Waals surface area (Å²) in [7, 11) is 0. The first kappa shape index (κ1) is 20.8. The van der Waals surface area contributed by atoms with Crippen LogP contribution in [0.25, 0.3) is 16.8 Å². The molecule has 0 aliphatic heterocycles. The van der Waals surface area contributed by atoms with Crippen LogP contribution in [0, 0.1) is 18.3 Å². The summed E-state index contributed by atoms with van der Waals surface area (Å²) in [5.74, 6) is 0. The molecule has 0 atom stereocenters. The Balaban J connectivity index is 1.74. The molecule has 4 rings (SSSR count). The van der Waals surface area contributed by atoms with Crippen LogP contribution in [0.1, 0.15) is 22.5 Å². The molecule has 0 aliphatic carbocycles. The number of aryl methyl sites for hydroxylation is 1. The molecule has 0 N–H and O–H groups in total. The summed E-state index contributed by atoms with van der Waals surface area (Å²) in [6.45, 7) is 1.44. The van der Waals surface area contributed by atoms with Gasteiger partial charge >= 0.3 is 11.9 Å². The summed E-state index contributed by atoms with van der Waals surface area (Å²) in [5, 5.41) is 13.3. The second-order valence-electron chi connectivity index (χ2n) is 6.81. The second kappa shape index (κ2) is 7.67. The van der Waals surface area contributed by atoms with E-state index in [0.717, 1.165) is 17.2 Å². The molecule has 0 radical (unpaired) electrons. The molecule has 0 spiro atoms. The molecule has 3 aromatic heterocycles. The molecule has 4 aromatic rings. The summed E-state index contributed by atoms with van der Waals surface area (Å²) in [5.41, 5.74) is 1.73. The number of hydrogen-bond acceptors (Lipinski definition) is 4. The van der Waals surface area contributed by atoms with Crippen molar-refractivity contribution in [2.75, 3.05) is 0 Å². The highest BCUT2D eigenvalue weighted by Crippen LogP contribution is 2.31. The summed E-state index contributed by atoms with van der Waals surface area (Å²) >= 11 is 3.50. The van der Waals surface area contributed by atoms with E-state index in [1.165, 1.54) is 22.1 Å². The number of fused-ring (bicyclic) bond motifs is 1. The molecule has 1 aromatic carbocycles. The SMILES string of the molecule is Cc1nc(C(F)(F)F)ccc1Cn1nc2c(Br)c(-c3ccc(C#N)cc3)ccn2c1=O. The van der Waals surface area contributed by atoms with Gasteiger partial charge in [0.15, 0.2) is 5.65 Å². The standard InChI is InChI=1S/C21H13BrF3N5O/c1-12-15(6-7-17(27-12)21(23,24)25)11-30-20(31)29-9-8-16(18(22)19(29)28-30)14-4-2-13(10-26)3-5-14/h2-9H,11H2,1H3. The van der Waals surface area contributed by atoms with Crippen molar-refractivity contribution < 1.29 is 13.2 Å². The molecule has 0 amide bonds. The average molecular weight is 488 g/mol. The number of benzene rings is 1. The molecule has 0 saturated carbocycles. The number of rotatable bonds is 3. The zero-order valence-electron chi connectivity index (χ0n) is 16.0. The lowest BCUT2D eigenvalue weighted by atomic mass is 10.1. The monoisotopic (exact) mass is 487 g/mol. The predicted octanol–water partition coefficient (Wildman–Crippen LogP) is 4.57. The Kier molecular flexibility index (Phi) is 5.15. The summed E-state index contributed by atoms with van der Waals surface area (Å²) in [4.78, 5) is 16.4. The molecular formula is C21H13BrF3N5O. The fourth-order valence-electron chi connectivity index (χ4n) is 3.17. The molecular weight excluding hydrogens is 475 g/mol. The molecule has 0 fully saturated rings. The van der Waals surface area contributed by atoms with Gasteiger partial charge in [0, 0.05) is 17.5 Å². The molecule has 0 unspecified atom stereocenters. The third-order valence-corrected chi connectivity index (χ3v) is 5.61. The van der Waals surface area contributed by atoms with E-state index in [1.807, 2.05) is 0 Å². The van der Waals surface area contributed by atoms with Crippen LogP contribution >= 0.6 is 15.9 Å². The van der Waals surface area contributed by atoms with Crippen LogP contribution in [0.15, 0.2) is 57.9 Å². The number of hydrogen-bond donors (Lipinski definition) is 0. The minimum atomic E-state index is -4.53. The first-order valence-electron chi connectivity index (χ1n) is 9.01. The van der Waals surface area contributed by atoms with E-state index in [-0.39, 0.29) is 12.2 Å². The lowest BCUT2D eigenvalue weighted by Gasteiger charge is -2.09. The van der Waals surface area contributed by atoms with Gasteiger partial charge in [-0.1, -0.05) is 18.2 Å². The third kappa shape index (κ3) is 3.84. The fourth-order valence-corrected chi connectivity index (χ4v) is 3.80. The van der Waals surface area contributed by atoms with Crippen LogP contribution in [0.4, 0.5) is 13.2 Å². The minimum Gasteiger partial charge on any atom is -0.249 e. The lowest BCUT2D eigenvalue weighted by Crippen LogP contribution is -2.22. The Bertz CT molecular complexity index is 1400. The van der Waals surface area contributed by atoms with Gasteiger partial charge in [0.1, 0.15) is 5.69 Å². The van der Waals surface area contributed by atoms with Crippen LogP contribution in [-0.4, -0.2) is 19.2 Å². The van der Waals surface area contributed by atoms with Crippen LogP contribution in [0.3, 0.4) is 0 Å². The number of aromatic nitrogens is 4. The zero-order valence-corrected chi connectivity index (χ0v) is 17.6. The number of pyridine rings is 2. The van der Waals surface area contributed by atoms with Crippen molar-refractivity contribution in [3.63, 3.8) is 0 Å². The maximum Gasteiger partial charge on any atom is 0.433 e. The van der Waals surface area contributed by atoms with E-state index in [2.05, 4.69) is 32.1 Å². The summed E-state index contributed by atoms with van der Waals surface area (Å²) < 4.78 is 41.6. The van der Waals surface area contributed by atoms with E-state index >= 15 is 0 Å². The number of halogens is 4. The summed E-state index contributed by atoms with van der Waals surface area (Å²) in [6.07, 6.45) is -2.95. The molecule has 10 heteroatoms. The number of nitrogens with zero attached hydrogens (tertiary/aromatic N) is 5. The quantitative estimate of drug-likeness (QED) is 0.424. The van der Waals surface area contributed by atoms with Gasteiger partial charge < -0.3 is 0 Å². The Hall–Kier alpha value is -3.45. The average Bonchev–Trinajstić information content (AvgIpc) is 3.06. The van der Waals surface area contributed by atoms with Gasteiger partial charge in [0.25, 0.3) is 0 Å². The topological polar surface area (TPSA) is 76.0 Å². The van der Waals surface area contributed by atoms with E-state index in [1.54, 1.807) is 36.5 Å². The van der Waals surface area contributed by atoms with Crippen molar-refractivity contribution in [1.29, 1.82) is 5.26 Å². The molecule has 0 saturated heterocycles. The molecule has 0 bridgehead atoms. The van der Waals surface area contributed by atoms with Crippen molar-refractivity contribution in [2.45, 2.75) is 19.6 Å². The van der Waals surface area contributed by atoms with Crippen LogP contribution in [0.5, 0.6) is 0 Å². The van der Waals surface area contributed by atoms with E-state index in [0.29, 0.717) is 21.2 Å². The zero-order chi connectivity index (χ0) is 22.3. The highest BCUT2D eigenvalue weighted by atomic mass is 79.9. The minimum absolute atomic E-state index is 0.0177. The first-order valence-corrected chi connectivity index (χ1v) is 9.80. The number of alkyl halides is 3. The Labute approximate surface area is 182 Å². The van der Waals surface area contributed by atoms with Gasteiger partial charge in [0.05, 0.1) is 22.7 Å². The maximum absolute atomic E-state index is 12.8. The normalized spacial score (nSPS) is 11.6. The van der Waals surface area contributed by atoms with Crippen molar-refractivity contribution >= 4 is 21.6 Å². The van der Waals surface area contributed by atoms with Crippen molar-refractivity contribution in [3.05, 3.63) is 86.1 Å². The van der Waals surface area contributed by atoms with E-state index < -0.39 is 17.6 Å². The van der Waals surface area contributed by atoms with Gasteiger partial charge in [-0.3, -0.25) is 0 Å². The van der Waals surface area contributed by atoms with Crippen molar-refractivity contribution in [1.82, 2.24) is 19.2 Å². The Morgan fingerprint density at radius 3 is 2.45 bits per heavy atom. The first-order chi connectivity index (χ1) is 14.7. The largest absolute Gasteiger partial charge is 0.433 e. The molecule has 0 aliphatic rings.